The van der Waals surface area contributed by atoms with Crippen molar-refractivity contribution in [1.29, 1.82) is 0 Å². The molecule has 0 saturated carbocycles. The van der Waals surface area contributed by atoms with Crippen molar-refractivity contribution < 1.29 is 19.8 Å². The lowest BCUT2D eigenvalue weighted by Crippen LogP contribution is -2.48. The fraction of sp³-hybridized carbons (Fsp3) is 0.867. The number of piperidine rings is 1. The topological polar surface area (TPSA) is 81.1 Å². The van der Waals surface area contributed by atoms with E-state index < -0.39 is 5.97 Å². The van der Waals surface area contributed by atoms with Gasteiger partial charge in [-0.25, -0.2) is 4.79 Å². The summed E-state index contributed by atoms with van der Waals surface area (Å²) in [7, 11) is 0. The Balaban J connectivity index is 2.51. The highest BCUT2D eigenvalue weighted by atomic mass is 16.4. The smallest absolute Gasteiger partial charge is 0.320 e. The molecule has 1 unspecified atom stereocenters. The van der Waals surface area contributed by atoms with Gasteiger partial charge in [0, 0.05) is 32.6 Å². The van der Waals surface area contributed by atoms with Crippen LogP contribution in [-0.2, 0) is 4.79 Å². The van der Waals surface area contributed by atoms with Crippen molar-refractivity contribution in [2.45, 2.75) is 45.4 Å². The predicted octanol–water partition coefficient (Wildman–Crippen LogP) is 1.78. The normalized spacial score (nSPS) is 18.6. The minimum atomic E-state index is -0.775. The van der Waals surface area contributed by atoms with Crippen LogP contribution >= 0.6 is 0 Å². The van der Waals surface area contributed by atoms with E-state index >= 15 is 0 Å². The van der Waals surface area contributed by atoms with Crippen LogP contribution in [0.5, 0.6) is 0 Å². The fourth-order valence-corrected chi connectivity index (χ4v) is 2.77. The highest BCUT2D eigenvalue weighted by Gasteiger charge is 2.26. The van der Waals surface area contributed by atoms with E-state index in [1.807, 2.05) is 4.90 Å². The molecular formula is C15H28N2O4. The number of nitrogens with zero attached hydrogens (tertiary/aromatic N) is 2. The molecule has 1 fully saturated rings. The minimum absolute atomic E-state index is 0.0162. The van der Waals surface area contributed by atoms with Crippen LogP contribution in [0.15, 0.2) is 0 Å². The van der Waals surface area contributed by atoms with E-state index in [1.54, 1.807) is 4.90 Å². The summed E-state index contributed by atoms with van der Waals surface area (Å²) in [5.74, 6) is -0.496. The summed E-state index contributed by atoms with van der Waals surface area (Å²) in [5, 5.41) is 17.9. The van der Waals surface area contributed by atoms with Crippen molar-refractivity contribution in [2.75, 3.05) is 32.8 Å². The molecule has 1 atom stereocenters. The van der Waals surface area contributed by atoms with Gasteiger partial charge in [0.1, 0.15) is 0 Å². The van der Waals surface area contributed by atoms with Crippen molar-refractivity contribution in [2.24, 2.45) is 5.92 Å². The molecule has 1 aliphatic rings. The summed E-state index contributed by atoms with van der Waals surface area (Å²) in [4.78, 5) is 26.7. The van der Waals surface area contributed by atoms with Crippen LogP contribution in [-0.4, -0.2) is 64.8 Å². The first-order chi connectivity index (χ1) is 10.1. The molecule has 0 aromatic heterocycles. The number of carbonyl (C=O) groups excluding carboxylic acids is 1. The van der Waals surface area contributed by atoms with Gasteiger partial charge in [-0.3, -0.25) is 4.79 Å². The van der Waals surface area contributed by atoms with Crippen molar-refractivity contribution in [1.82, 2.24) is 9.80 Å². The van der Waals surface area contributed by atoms with Gasteiger partial charge in [-0.05, 0) is 31.6 Å². The Morgan fingerprint density at radius 1 is 1.33 bits per heavy atom. The molecular weight excluding hydrogens is 272 g/mol. The Morgan fingerprint density at radius 2 is 2.10 bits per heavy atom. The molecule has 6 nitrogen and oxygen atoms in total. The first-order valence-electron chi connectivity index (χ1n) is 7.95. The van der Waals surface area contributed by atoms with Gasteiger partial charge >= 0.3 is 12.0 Å². The average molecular weight is 300 g/mol. The Morgan fingerprint density at radius 3 is 2.71 bits per heavy atom. The summed E-state index contributed by atoms with van der Waals surface area (Å²) in [6.45, 7) is 4.47. The van der Waals surface area contributed by atoms with Gasteiger partial charge in [0.25, 0.3) is 0 Å². The molecule has 0 aromatic rings. The van der Waals surface area contributed by atoms with Crippen LogP contribution in [0.2, 0.25) is 0 Å². The van der Waals surface area contributed by atoms with Crippen LogP contribution in [0.25, 0.3) is 0 Å². The second kappa shape index (κ2) is 9.60. The van der Waals surface area contributed by atoms with Gasteiger partial charge in [0.15, 0.2) is 0 Å². The average Bonchev–Trinajstić information content (AvgIpc) is 2.49. The third-order valence-electron chi connectivity index (χ3n) is 3.98. The van der Waals surface area contributed by atoms with E-state index in [4.69, 9.17) is 10.2 Å². The fourth-order valence-electron chi connectivity index (χ4n) is 2.77. The van der Waals surface area contributed by atoms with Gasteiger partial charge in [0.2, 0.25) is 0 Å². The molecule has 0 aromatic carbocycles. The van der Waals surface area contributed by atoms with Crippen LogP contribution in [0, 0.1) is 5.92 Å². The Hall–Kier alpha value is -1.30. The van der Waals surface area contributed by atoms with E-state index in [-0.39, 0.29) is 25.0 Å². The zero-order chi connectivity index (χ0) is 15.7. The van der Waals surface area contributed by atoms with Gasteiger partial charge < -0.3 is 20.0 Å². The molecule has 1 rings (SSSR count). The molecule has 2 amide bonds. The number of rotatable bonds is 8. The first kappa shape index (κ1) is 17.8. The summed E-state index contributed by atoms with van der Waals surface area (Å²) >= 11 is 0. The molecule has 0 radical (unpaired) electrons. The molecule has 0 bridgehead atoms. The SMILES string of the molecule is CCCCN(CCO)C(=O)N1CCCC(CCC(=O)O)C1. The molecule has 1 aliphatic heterocycles. The summed E-state index contributed by atoms with van der Waals surface area (Å²) in [6, 6.07) is -0.0162. The van der Waals surface area contributed by atoms with Crippen LogP contribution in [0.4, 0.5) is 4.79 Å². The number of urea groups is 1. The predicted molar refractivity (Wildman–Crippen MR) is 80.1 cm³/mol. The lowest BCUT2D eigenvalue weighted by atomic mass is 9.93. The van der Waals surface area contributed by atoms with Gasteiger partial charge in [-0.15, -0.1) is 0 Å². The number of carboxylic acids is 1. The molecule has 21 heavy (non-hydrogen) atoms. The van der Waals surface area contributed by atoms with Crippen LogP contribution < -0.4 is 0 Å². The summed E-state index contributed by atoms with van der Waals surface area (Å²) in [5.41, 5.74) is 0. The molecule has 0 spiro atoms. The third kappa shape index (κ3) is 6.33. The Bertz CT molecular complexity index is 336. The van der Waals surface area contributed by atoms with Crippen LogP contribution in [0.3, 0.4) is 0 Å². The van der Waals surface area contributed by atoms with E-state index in [1.165, 1.54) is 0 Å². The Kier molecular flexibility index (Phi) is 8.12. The standard InChI is InChI=1S/C15H28N2O4/c1-2-3-8-16(10-11-18)15(21)17-9-4-5-13(12-17)6-7-14(19)20/h13,18H,2-12H2,1H3,(H,19,20). The molecule has 6 heteroatoms. The number of aliphatic hydroxyl groups excluding tert-OH is 1. The van der Waals surface area contributed by atoms with E-state index in [9.17, 15) is 9.59 Å². The van der Waals surface area contributed by atoms with E-state index in [0.717, 1.165) is 32.2 Å². The number of aliphatic carboxylic acids is 1. The van der Waals surface area contributed by atoms with Crippen molar-refractivity contribution in [3.63, 3.8) is 0 Å². The molecule has 1 saturated heterocycles. The largest absolute Gasteiger partial charge is 0.481 e. The lowest BCUT2D eigenvalue weighted by Gasteiger charge is -2.36. The van der Waals surface area contributed by atoms with Crippen molar-refractivity contribution in [3.05, 3.63) is 0 Å². The molecule has 2 N–H and O–H groups in total. The number of amides is 2. The maximum atomic E-state index is 12.5. The van der Waals surface area contributed by atoms with Crippen molar-refractivity contribution in [3.8, 4) is 0 Å². The highest BCUT2D eigenvalue weighted by Crippen LogP contribution is 2.22. The van der Waals surface area contributed by atoms with Gasteiger partial charge in [-0.2, -0.15) is 0 Å². The number of hydrogen-bond acceptors (Lipinski definition) is 3. The second-order valence-electron chi connectivity index (χ2n) is 5.73. The van der Waals surface area contributed by atoms with Gasteiger partial charge in [0.05, 0.1) is 6.61 Å². The maximum absolute atomic E-state index is 12.5. The highest BCUT2D eigenvalue weighted by molar-refractivity contribution is 5.74. The van der Waals surface area contributed by atoms with Crippen LogP contribution in [0.1, 0.15) is 45.4 Å². The second-order valence-corrected chi connectivity index (χ2v) is 5.73. The number of likely N-dealkylation sites (tertiary alicyclic amines) is 1. The third-order valence-corrected chi connectivity index (χ3v) is 3.98. The number of unbranched alkanes of at least 4 members (excludes halogenated alkanes) is 1. The minimum Gasteiger partial charge on any atom is -0.481 e. The first-order valence-corrected chi connectivity index (χ1v) is 7.95. The summed E-state index contributed by atoms with van der Waals surface area (Å²) < 4.78 is 0. The zero-order valence-corrected chi connectivity index (χ0v) is 13.0. The molecule has 0 aliphatic carbocycles. The Labute approximate surface area is 126 Å². The van der Waals surface area contributed by atoms with E-state index in [2.05, 4.69) is 6.92 Å². The number of aliphatic hydroxyl groups is 1. The quantitative estimate of drug-likeness (QED) is 0.716. The van der Waals surface area contributed by atoms with Crippen molar-refractivity contribution >= 4 is 12.0 Å². The number of carbonyl (C=O) groups is 2. The number of carboxylic acid groups (broad SMARTS) is 1. The van der Waals surface area contributed by atoms with E-state index in [0.29, 0.717) is 26.1 Å². The molecule has 122 valence electrons. The monoisotopic (exact) mass is 300 g/mol. The molecule has 1 heterocycles. The number of hydrogen-bond donors (Lipinski definition) is 2. The zero-order valence-electron chi connectivity index (χ0n) is 13.0. The summed E-state index contributed by atoms with van der Waals surface area (Å²) in [6.07, 6.45) is 4.66. The lowest BCUT2D eigenvalue weighted by molar-refractivity contribution is -0.137. The van der Waals surface area contributed by atoms with Gasteiger partial charge in [-0.1, -0.05) is 13.3 Å². The maximum Gasteiger partial charge on any atom is 0.320 e.